The van der Waals surface area contributed by atoms with E-state index in [0.717, 1.165) is 10.5 Å². The molecule has 0 aliphatic carbocycles. The first-order valence-corrected chi connectivity index (χ1v) is 16.0. The largest absolute Gasteiger partial charge is 0.483 e. The summed E-state index contributed by atoms with van der Waals surface area (Å²) in [6.07, 6.45) is 7.41. The van der Waals surface area contributed by atoms with E-state index in [-0.39, 0.29) is 12.3 Å². The minimum absolute atomic E-state index is 0.0137. The molecule has 2 atom stereocenters. The number of carbonyl (C=O) groups is 4. The predicted molar refractivity (Wildman–Crippen MR) is 176 cm³/mol. The maximum atomic E-state index is 14.5. The van der Waals surface area contributed by atoms with E-state index in [1.54, 1.807) is 52.6 Å². The van der Waals surface area contributed by atoms with Crippen molar-refractivity contribution in [1.29, 1.82) is 0 Å². The van der Waals surface area contributed by atoms with E-state index in [2.05, 4.69) is 0 Å². The minimum atomic E-state index is -1.17. The fourth-order valence-corrected chi connectivity index (χ4v) is 6.53. The third-order valence-electron chi connectivity index (χ3n) is 8.48. The molecule has 0 spiro atoms. The van der Waals surface area contributed by atoms with Crippen LogP contribution in [-0.4, -0.2) is 73.3 Å². The number of benzene rings is 1. The van der Waals surface area contributed by atoms with Gasteiger partial charge in [-0.2, -0.15) is 0 Å². The average molecular weight is 634 g/mol. The number of amides is 3. The summed E-state index contributed by atoms with van der Waals surface area (Å²) in [5, 5.41) is 0.685. The van der Waals surface area contributed by atoms with E-state index in [1.165, 1.54) is 4.57 Å². The minimum Gasteiger partial charge on any atom is -0.483 e. The van der Waals surface area contributed by atoms with Gasteiger partial charge in [0.25, 0.3) is 5.91 Å². The topological polar surface area (TPSA) is 107 Å². The molecule has 2 saturated heterocycles. The van der Waals surface area contributed by atoms with Gasteiger partial charge in [0.05, 0.1) is 5.52 Å². The highest BCUT2D eigenvalue weighted by atomic mass is 16.6. The molecule has 0 unspecified atom stereocenters. The number of hydrogen-bond acceptors (Lipinski definition) is 7. The van der Waals surface area contributed by atoms with Crippen molar-refractivity contribution in [3.63, 3.8) is 0 Å². The molecule has 1 aromatic carbocycles. The van der Waals surface area contributed by atoms with Crippen molar-refractivity contribution in [3.05, 3.63) is 47.2 Å². The third kappa shape index (κ3) is 6.18. The van der Waals surface area contributed by atoms with Crippen molar-refractivity contribution >= 4 is 41.0 Å². The number of allylic oxidation sites excluding steroid dienone is 1. The van der Waals surface area contributed by atoms with Crippen LogP contribution in [0.15, 0.2) is 36.1 Å². The first-order valence-electron chi connectivity index (χ1n) is 16.0. The number of rotatable bonds is 4. The molecule has 0 N–H and O–H groups in total. The van der Waals surface area contributed by atoms with E-state index in [0.29, 0.717) is 53.6 Å². The Morgan fingerprint density at radius 3 is 2.30 bits per heavy atom. The predicted octanol–water partition coefficient (Wildman–Crippen LogP) is 7.01. The van der Waals surface area contributed by atoms with Gasteiger partial charge in [-0.05, 0) is 118 Å². The molecule has 248 valence electrons. The van der Waals surface area contributed by atoms with E-state index in [4.69, 9.17) is 14.2 Å². The van der Waals surface area contributed by atoms with Gasteiger partial charge < -0.3 is 19.1 Å². The Bertz CT molecular complexity index is 1660. The van der Waals surface area contributed by atoms with E-state index in [1.807, 2.05) is 58.1 Å². The molecule has 10 heteroatoms. The molecule has 4 heterocycles. The molecular formula is C36H47N3O7. The fraction of sp³-hybridized carbons (Fsp3) is 0.556. The highest BCUT2D eigenvalue weighted by Gasteiger charge is 2.60. The second-order valence-electron chi connectivity index (χ2n) is 15.4. The summed E-state index contributed by atoms with van der Waals surface area (Å²) < 4.78 is 19.2. The molecule has 0 saturated carbocycles. The maximum absolute atomic E-state index is 14.5. The van der Waals surface area contributed by atoms with Crippen molar-refractivity contribution in [2.24, 2.45) is 0 Å². The van der Waals surface area contributed by atoms with Gasteiger partial charge in [0.15, 0.2) is 0 Å². The normalized spacial score (nSPS) is 22.3. The lowest BCUT2D eigenvalue weighted by Gasteiger charge is -2.48. The first-order chi connectivity index (χ1) is 21.2. The molecule has 0 radical (unpaired) electrons. The molecule has 0 bridgehead atoms. The van der Waals surface area contributed by atoms with E-state index in [9.17, 15) is 19.2 Å². The second kappa shape index (κ2) is 11.3. The Labute approximate surface area is 271 Å². The average Bonchev–Trinajstić information content (AvgIpc) is 3.51. The van der Waals surface area contributed by atoms with Crippen LogP contribution < -0.4 is 4.74 Å². The molecule has 2 aromatic rings. The van der Waals surface area contributed by atoms with Gasteiger partial charge in [0.2, 0.25) is 5.91 Å². The molecule has 3 aliphatic rings. The lowest BCUT2D eigenvalue weighted by molar-refractivity contribution is -0.166. The Kier molecular flexibility index (Phi) is 8.19. The second-order valence-corrected chi connectivity index (χ2v) is 15.4. The first kappa shape index (κ1) is 33.3. The third-order valence-corrected chi connectivity index (χ3v) is 8.48. The summed E-state index contributed by atoms with van der Waals surface area (Å²) >= 11 is 0. The van der Waals surface area contributed by atoms with Gasteiger partial charge in [0, 0.05) is 30.1 Å². The Morgan fingerprint density at radius 1 is 1.02 bits per heavy atom. The number of ether oxygens (including phenoxy) is 3. The number of nitrogens with zero attached hydrogens (tertiary/aromatic N) is 3. The van der Waals surface area contributed by atoms with Crippen LogP contribution in [0.5, 0.6) is 5.75 Å². The maximum Gasteiger partial charge on any atom is 0.419 e. The van der Waals surface area contributed by atoms with Crippen LogP contribution in [0.25, 0.3) is 17.0 Å². The number of fused-ring (bicyclic) bond motifs is 4. The van der Waals surface area contributed by atoms with Crippen LogP contribution in [0, 0.1) is 0 Å². The Balaban J connectivity index is 1.65. The van der Waals surface area contributed by atoms with Gasteiger partial charge in [-0.25, -0.2) is 14.5 Å². The smallest absolute Gasteiger partial charge is 0.419 e. The summed E-state index contributed by atoms with van der Waals surface area (Å²) in [6, 6.07) is 2.53. The number of hydrogen-bond donors (Lipinski definition) is 0. The fourth-order valence-electron chi connectivity index (χ4n) is 6.53. The molecule has 46 heavy (non-hydrogen) atoms. The van der Waals surface area contributed by atoms with Gasteiger partial charge in [-0.15, -0.1) is 0 Å². The lowest BCUT2D eigenvalue weighted by atomic mass is 9.84. The van der Waals surface area contributed by atoms with Crippen LogP contribution in [0.4, 0.5) is 9.59 Å². The summed E-state index contributed by atoms with van der Waals surface area (Å²) in [4.78, 5) is 59.1. The molecule has 5 rings (SSSR count). The SMILES string of the molecule is CC(C)=CC[C@@]12CCCN1C(=O)[C@H](Cc1cn(C(=O)OC(C)(C)C)c3c4c(ccc13)OC(C)(C)C=C4)N(C(=O)OC(C)(C)C)C2=O. The molecule has 10 nitrogen and oxygen atoms in total. The van der Waals surface area contributed by atoms with Crippen LogP contribution in [0.1, 0.15) is 99.6 Å². The van der Waals surface area contributed by atoms with Crippen LogP contribution in [-0.2, 0) is 25.5 Å². The standard InChI is InChI=1S/C36H47N3O7/c1-22(2)14-18-36-16-11-19-38(36)29(40)26(39(30(36)41)32(43)46-34(6,7)8)20-23-21-37(31(42)45-33(3,4)5)28-24(23)12-13-27-25(28)15-17-35(9,10)44-27/h12-15,17,21,26H,11,16,18-20H2,1-10H3/t26-,36+/m0/s1. The van der Waals surface area contributed by atoms with Crippen LogP contribution >= 0.6 is 0 Å². The van der Waals surface area contributed by atoms with E-state index >= 15 is 0 Å². The summed E-state index contributed by atoms with van der Waals surface area (Å²) in [5.41, 5.74) is -0.457. The number of aromatic nitrogens is 1. The monoisotopic (exact) mass is 633 g/mol. The summed E-state index contributed by atoms with van der Waals surface area (Å²) in [7, 11) is 0. The van der Waals surface area contributed by atoms with Crippen molar-refractivity contribution in [2.75, 3.05) is 6.54 Å². The summed E-state index contributed by atoms with van der Waals surface area (Å²) in [5.74, 6) is -0.144. The zero-order valence-corrected chi connectivity index (χ0v) is 28.8. The number of imide groups is 1. The molecule has 1 aromatic heterocycles. The van der Waals surface area contributed by atoms with Gasteiger partial charge in [-0.3, -0.25) is 14.2 Å². The van der Waals surface area contributed by atoms with Gasteiger partial charge in [-0.1, -0.05) is 11.6 Å². The quantitative estimate of drug-likeness (QED) is 0.333. The molecule has 2 fully saturated rings. The number of piperazine rings is 1. The van der Waals surface area contributed by atoms with Gasteiger partial charge in [0.1, 0.15) is 34.1 Å². The molecule has 3 amide bonds. The van der Waals surface area contributed by atoms with Crippen LogP contribution in [0.2, 0.25) is 0 Å². The van der Waals surface area contributed by atoms with Crippen molar-refractivity contribution in [1.82, 2.24) is 14.4 Å². The number of carbonyl (C=O) groups excluding carboxylic acids is 4. The molecule has 3 aliphatic heterocycles. The van der Waals surface area contributed by atoms with Crippen molar-refractivity contribution < 1.29 is 33.4 Å². The van der Waals surface area contributed by atoms with Crippen molar-refractivity contribution in [2.45, 2.75) is 123 Å². The highest BCUT2D eigenvalue weighted by Crippen LogP contribution is 2.43. The van der Waals surface area contributed by atoms with Gasteiger partial charge >= 0.3 is 12.2 Å². The highest BCUT2D eigenvalue weighted by molar-refractivity contribution is 6.08. The zero-order chi connectivity index (χ0) is 34.0. The van der Waals surface area contributed by atoms with Crippen LogP contribution in [0.3, 0.4) is 0 Å². The zero-order valence-electron chi connectivity index (χ0n) is 28.8. The summed E-state index contributed by atoms with van der Waals surface area (Å²) in [6.45, 7) is 18.8. The van der Waals surface area contributed by atoms with Crippen molar-refractivity contribution in [3.8, 4) is 5.75 Å². The lowest BCUT2D eigenvalue weighted by Crippen LogP contribution is -2.71. The Morgan fingerprint density at radius 2 is 1.67 bits per heavy atom. The molecular weight excluding hydrogens is 586 g/mol. The Hall–Kier alpha value is -4.08. The van der Waals surface area contributed by atoms with E-state index < -0.39 is 46.5 Å².